The average molecular weight is 513 g/mol. The number of benzene rings is 1. The molecular weight excluding hydrogens is 469 g/mol. The molecule has 0 radical (unpaired) electrons. The summed E-state index contributed by atoms with van der Waals surface area (Å²) < 4.78 is 2.04. The zero-order chi connectivity index (χ0) is 24.3. The van der Waals surface area contributed by atoms with E-state index in [0.29, 0.717) is 23.7 Å². The zero-order valence-corrected chi connectivity index (χ0v) is 24.7. The molecule has 0 fully saturated rings. The number of rotatable bonds is 12. The van der Waals surface area contributed by atoms with Crippen LogP contribution in [0.5, 0.6) is 0 Å². The van der Waals surface area contributed by atoms with E-state index in [4.69, 9.17) is 24.4 Å². The largest absolute Gasteiger partial charge is 0.357 e. The van der Waals surface area contributed by atoms with Crippen molar-refractivity contribution in [2.75, 3.05) is 26.2 Å². The van der Waals surface area contributed by atoms with E-state index in [9.17, 15) is 0 Å². The van der Waals surface area contributed by atoms with Gasteiger partial charge in [0.05, 0.1) is 0 Å². The van der Waals surface area contributed by atoms with Gasteiger partial charge in [-0.05, 0) is 34.8 Å². The number of hydrogen-bond acceptors (Lipinski definition) is 4. The molecule has 0 aliphatic heterocycles. The SMILES string of the molecule is CC(C)CN(CC(C)C)C(=S)SCc1ccc(CSC(=S)N(CC(C)C)CC(C)C)cc1. The minimum absolute atomic E-state index is 0.618. The van der Waals surface area contributed by atoms with E-state index in [0.717, 1.165) is 46.3 Å². The van der Waals surface area contributed by atoms with Crippen LogP contribution >= 0.6 is 48.0 Å². The maximum absolute atomic E-state index is 5.76. The van der Waals surface area contributed by atoms with E-state index in [2.05, 4.69) is 89.5 Å². The molecule has 6 heteroatoms. The van der Waals surface area contributed by atoms with E-state index in [1.165, 1.54) is 11.1 Å². The first kappa shape index (κ1) is 29.7. The minimum atomic E-state index is 0.618. The summed E-state index contributed by atoms with van der Waals surface area (Å²) in [5.74, 6) is 4.32. The van der Waals surface area contributed by atoms with Crippen molar-refractivity contribution in [1.82, 2.24) is 9.80 Å². The third-order valence-corrected chi connectivity index (χ3v) is 7.80. The van der Waals surface area contributed by atoms with Gasteiger partial charge in [-0.3, -0.25) is 0 Å². The fourth-order valence-corrected chi connectivity index (χ4v) is 5.69. The van der Waals surface area contributed by atoms with Crippen LogP contribution in [0.3, 0.4) is 0 Å². The fraction of sp³-hybridized carbons (Fsp3) is 0.692. The Morgan fingerprint density at radius 3 is 1.06 bits per heavy atom. The highest BCUT2D eigenvalue weighted by Gasteiger charge is 2.15. The predicted octanol–water partition coefficient (Wildman–Crippen LogP) is 7.95. The summed E-state index contributed by atoms with van der Waals surface area (Å²) >= 11 is 15.1. The van der Waals surface area contributed by atoms with Gasteiger partial charge in [-0.1, -0.05) is 128 Å². The average Bonchev–Trinajstić information content (AvgIpc) is 2.68. The molecule has 2 nitrogen and oxygen atoms in total. The van der Waals surface area contributed by atoms with E-state index < -0.39 is 0 Å². The normalized spacial score (nSPS) is 11.6. The van der Waals surface area contributed by atoms with Crippen LogP contribution in [-0.4, -0.2) is 44.6 Å². The summed E-state index contributed by atoms with van der Waals surface area (Å²) in [6.45, 7) is 22.2. The molecule has 0 amide bonds. The Kier molecular flexibility index (Phi) is 14.5. The molecule has 0 aliphatic rings. The molecule has 0 aliphatic carbocycles. The van der Waals surface area contributed by atoms with Gasteiger partial charge in [-0.2, -0.15) is 0 Å². The lowest BCUT2D eigenvalue weighted by Crippen LogP contribution is -2.34. The Morgan fingerprint density at radius 1 is 0.594 bits per heavy atom. The highest BCUT2D eigenvalue weighted by molar-refractivity contribution is 8.22. The number of hydrogen-bond donors (Lipinski definition) is 0. The fourth-order valence-electron chi connectivity index (χ4n) is 3.41. The molecule has 1 rings (SSSR count). The first-order chi connectivity index (χ1) is 15.0. The zero-order valence-electron chi connectivity index (χ0n) is 21.4. The van der Waals surface area contributed by atoms with Gasteiger partial charge in [0.2, 0.25) is 0 Å². The third kappa shape index (κ3) is 12.8. The molecular formula is C26H44N2S4. The first-order valence-corrected chi connectivity index (χ1v) is 14.7. The monoisotopic (exact) mass is 512 g/mol. The van der Waals surface area contributed by atoms with E-state index in [1.54, 1.807) is 23.5 Å². The van der Waals surface area contributed by atoms with Gasteiger partial charge in [0, 0.05) is 37.7 Å². The Morgan fingerprint density at radius 2 is 0.844 bits per heavy atom. The van der Waals surface area contributed by atoms with Crippen molar-refractivity contribution in [2.45, 2.75) is 66.9 Å². The molecule has 1 aromatic rings. The smallest absolute Gasteiger partial charge is 0.136 e. The lowest BCUT2D eigenvalue weighted by atomic mass is 10.1. The Hall–Kier alpha value is -0.300. The lowest BCUT2D eigenvalue weighted by molar-refractivity contribution is 0.337. The van der Waals surface area contributed by atoms with Gasteiger partial charge < -0.3 is 9.80 Å². The summed E-state index contributed by atoms with van der Waals surface area (Å²) in [4.78, 5) is 4.75. The van der Waals surface area contributed by atoms with Crippen molar-refractivity contribution in [1.29, 1.82) is 0 Å². The molecule has 1 aromatic carbocycles. The standard InChI is InChI=1S/C26H44N2S4/c1-19(2)13-27(14-20(3)4)25(29)31-17-23-9-11-24(12-10-23)18-32-26(30)28(15-21(5)6)16-22(7)8/h9-12,19-22H,13-18H2,1-8H3. The topological polar surface area (TPSA) is 6.48 Å². The molecule has 0 aromatic heterocycles. The molecule has 32 heavy (non-hydrogen) atoms. The molecule has 0 N–H and O–H groups in total. The van der Waals surface area contributed by atoms with Gasteiger partial charge >= 0.3 is 0 Å². The number of nitrogens with zero attached hydrogens (tertiary/aromatic N) is 2. The summed E-state index contributed by atoms with van der Waals surface area (Å²) in [5, 5.41) is 0. The van der Waals surface area contributed by atoms with Crippen LogP contribution in [0.25, 0.3) is 0 Å². The van der Waals surface area contributed by atoms with Crippen molar-refractivity contribution in [3.05, 3.63) is 35.4 Å². The molecule has 0 spiro atoms. The third-order valence-electron chi connectivity index (χ3n) is 4.61. The van der Waals surface area contributed by atoms with Gasteiger partial charge in [-0.15, -0.1) is 0 Å². The Labute approximate surface area is 217 Å². The predicted molar refractivity (Wildman–Crippen MR) is 157 cm³/mol. The van der Waals surface area contributed by atoms with Crippen molar-refractivity contribution in [3.63, 3.8) is 0 Å². The number of thioether (sulfide) groups is 2. The minimum Gasteiger partial charge on any atom is -0.357 e. The maximum Gasteiger partial charge on any atom is 0.136 e. The van der Waals surface area contributed by atoms with Crippen molar-refractivity contribution < 1.29 is 0 Å². The van der Waals surface area contributed by atoms with Crippen LogP contribution in [-0.2, 0) is 11.5 Å². The summed E-state index contributed by atoms with van der Waals surface area (Å²) in [5.41, 5.74) is 2.65. The van der Waals surface area contributed by atoms with Crippen molar-refractivity contribution in [3.8, 4) is 0 Å². The molecule has 0 heterocycles. The molecule has 182 valence electrons. The van der Waals surface area contributed by atoms with Crippen LogP contribution < -0.4 is 0 Å². The van der Waals surface area contributed by atoms with Crippen LogP contribution in [0.1, 0.15) is 66.5 Å². The van der Waals surface area contributed by atoms with E-state index in [-0.39, 0.29) is 0 Å². The van der Waals surface area contributed by atoms with Crippen LogP contribution in [0.2, 0.25) is 0 Å². The molecule has 0 bridgehead atoms. The van der Waals surface area contributed by atoms with Crippen LogP contribution in [0.15, 0.2) is 24.3 Å². The first-order valence-electron chi connectivity index (χ1n) is 11.9. The molecule has 0 atom stereocenters. The van der Waals surface area contributed by atoms with Crippen LogP contribution in [0.4, 0.5) is 0 Å². The number of thiocarbonyl (C=S) groups is 2. The van der Waals surface area contributed by atoms with Crippen molar-refractivity contribution >= 4 is 56.6 Å². The summed E-state index contributed by atoms with van der Waals surface area (Å²) in [6, 6.07) is 8.96. The Bertz CT molecular complexity index is 605. The second-order valence-electron chi connectivity index (χ2n) is 10.3. The van der Waals surface area contributed by atoms with Crippen LogP contribution in [0, 0.1) is 23.7 Å². The molecule has 0 saturated carbocycles. The van der Waals surface area contributed by atoms with Gasteiger partial charge in [-0.25, -0.2) is 0 Å². The van der Waals surface area contributed by atoms with E-state index >= 15 is 0 Å². The van der Waals surface area contributed by atoms with Crippen molar-refractivity contribution in [2.24, 2.45) is 23.7 Å². The van der Waals surface area contributed by atoms with Gasteiger partial charge in [0.15, 0.2) is 0 Å². The second-order valence-corrected chi connectivity index (χ2v) is 13.5. The van der Waals surface area contributed by atoms with E-state index in [1.807, 2.05) is 0 Å². The van der Waals surface area contributed by atoms with Gasteiger partial charge in [0.25, 0.3) is 0 Å². The second kappa shape index (κ2) is 15.6. The highest BCUT2D eigenvalue weighted by Crippen LogP contribution is 2.22. The molecule has 0 unspecified atom stereocenters. The summed E-state index contributed by atoms with van der Waals surface area (Å²) in [7, 11) is 0. The molecule has 0 saturated heterocycles. The lowest BCUT2D eigenvalue weighted by Gasteiger charge is -2.28. The maximum atomic E-state index is 5.76. The Balaban J connectivity index is 2.58. The summed E-state index contributed by atoms with van der Waals surface area (Å²) in [6.07, 6.45) is 0. The quantitative estimate of drug-likeness (QED) is 0.260. The highest BCUT2D eigenvalue weighted by atomic mass is 32.2. The van der Waals surface area contributed by atoms with Gasteiger partial charge in [0.1, 0.15) is 8.64 Å².